The molecule has 2 N–H and O–H groups in total. The van der Waals surface area contributed by atoms with Crippen LogP contribution in [-0.2, 0) is 6.54 Å². The molecule has 0 fully saturated rings. The zero-order valence-corrected chi connectivity index (χ0v) is 11.2. The lowest BCUT2D eigenvalue weighted by Crippen LogP contribution is -2.08. The highest BCUT2D eigenvalue weighted by atomic mass is 32.1. The van der Waals surface area contributed by atoms with E-state index in [1.807, 2.05) is 13.1 Å². The molecule has 2 rings (SSSR count). The first-order valence-corrected chi connectivity index (χ1v) is 6.83. The molecule has 0 saturated carbocycles. The molecular formula is C13H19N3S. The van der Waals surface area contributed by atoms with Crippen molar-refractivity contribution in [1.82, 2.24) is 9.55 Å². The molecular weight excluding hydrogens is 230 g/mol. The van der Waals surface area contributed by atoms with E-state index in [0.29, 0.717) is 0 Å². The van der Waals surface area contributed by atoms with Crippen molar-refractivity contribution in [2.75, 3.05) is 0 Å². The van der Waals surface area contributed by atoms with Crippen LogP contribution < -0.4 is 5.73 Å². The molecule has 0 radical (unpaired) electrons. The summed E-state index contributed by atoms with van der Waals surface area (Å²) in [5, 5.41) is 1.12. The molecule has 0 aliphatic rings. The molecule has 0 saturated heterocycles. The Bertz CT molecular complexity index is 472. The van der Waals surface area contributed by atoms with Gasteiger partial charge in [-0.1, -0.05) is 13.3 Å². The van der Waals surface area contributed by atoms with Gasteiger partial charge in [-0.2, -0.15) is 0 Å². The van der Waals surface area contributed by atoms with Crippen LogP contribution >= 0.6 is 11.3 Å². The maximum absolute atomic E-state index is 6.09. The Morgan fingerprint density at radius 1 is 1.53 bits per heavy atom. The summed E-state index contributed by atoms with van der Waals surface area (Å²) in [5.41, 5.74) is 7.32. The summed E-state index contributed by atoms with van der Waals surface area (Å²) in [5.74, 6) is 0. The van der Waals surface area contributed by atoms with Crippen molar-refractivity contribution in [3.05, 3.63) is 40.1 Å². The average Bonchev–Trinajstić information content (AvgIpc) is 2.89. The molecule has 0 aromatic carbocycles. The summed E-state index contributed by atoms with van der Waals surface area (Å²) < 4.78 is 2.18. The molecule has 0 spiro atoms. The maximum Gasteiger partial charge on any atom is 0.0897 e. The van der Waals surface area contributed by atoms with E-state index in [0.717, 1.165) is 24.4 Å². The number of rotatable bonds is 5. The van der Waals surface area contributed by atoms with E-state index < -0.39 is 0 Å². The van der Waals surface area contributed by atoms with E-state index in [1.54, 1.807) is 11.3 Å². The first kappa shape index (κ1) is 12.3. The first-order valence-electron chi connectivity index (χ1n) is 6.01. The van der Waals surface area contributed by atoms with Gasteiger partial charge >= 0.3 is 0 Å². The fourth-order valence-corrected chi connectivity index (χ4v) is 2.72. The molecule has 92 valence electrons. The zero-order valence-electron chi connectivity index (χ0n) is 10.4. The van der Waals surface area contributed by atoms with Gasteiger partial charge in [-0.3, -0.25) is 0 Å². The number of hydrogen-bond acceptors (Lipinski definition) is 3. The monoisotopic (exact) mass is 249 g/mol. The topological polar surface area (TPSA) is 43.8 Å². The normalized spacial score (nSPS) is 12.9. The molecule has 2 aromatic rings. The third kappa shape index (κ3) is 3.17. The Balaban J connectivity index is 2.03. The fourth-order valence-electron chi connectivity index (χ4n) is 1.91. The Labute approximate surface area is 106 Å². The van der Waals surface area contributed by atoms with Gasteiger partial charge in [0.05, 0.1) is 11.6 Å². The van der Waals surface area contributed by atoms with E-state index in [1.165, 1.54) is 10.4 Å². The molecule has 3 nitrogen and oxygen atoms in total. The Kier molecular flexibility index (Phi) is 3.97. The van der Waals surface area contributed by atoms with Gasteiger partial charge < -0.3 is 10.3 Å². The number of thiazole rings is 1. The summed E-state index contributed by atoms with van der Waals surface area (Å²) in [7, 11) is 0. The van der Waals surface area contributed by atoms with Gasteiger partial charge in [0.1, 0.15) is 0 Å². The minimum absolute atomic E-state index is 0.171. The van der Waals surface area contributed by atoms with Crippen molar-refractivity contribution in [2.24, 2.45) is 5.73 Å². The van der Waals surface area contributed by atoms with Crippen LogP contribution in [0.25, 0.3) is 0 Å². The van der Waals surface area contributed by atoms with E-state index in [4.69, 9.17) is 5.73 Å². The quantitative estimate of drug-likeness (QED) is 0.885. The number of nitrogens with two attached hydrogens (primary N) is 1. The van der Waals surface area contributed by atoms with E-state index >= 15 is 0 Å². The van der Waals surface area contributed by atoms with Gasteiger partial charge in [0.2, 0.25) is 0 Å². The van der Waals surface area contributed by atoms with Crippen LogP contribution in [-0.4, -0.2) is 9.55 Å². The lowest BCUT2D eigenvalue weighted by molar-refractivity contribution is 0.636. The minimum Gasteiger partial charge on any atom is -0.349 e. The molecule has 1 atom stereocenters. The minimum atomic E-state index is 0.171. The Morgan fingerprint density at radius 2 is 2.35 bits per heavy atom. The van der Waals surface area contributed by atoms with E-state index in [2.05, 4.69) is 34.9 Å². The highest BCUT2D eigenvalue weighted by Gasteiger charge is 2.07. The molecule has 2 aromatic heterocycles. The third-order valence-electron chi connectivity index (χ3n) is 2.81. The van der Waals surface area contributed by atoms with Crippen LogP contribution in [0.2, 0.25) is 0 Å². The lowest BCUT2D eigenvalue weighted by atomic mass is 10.1. The van der Waals surface area contributed by atoms with Gasteiger partial charge in [-0.15, -0.1) is 11.3 Å². The largest absolute Gasteiger partial charge is 0.349 e. The van der Waals surface area contributed by atoms with Crippen molar-refractivity contribution < 1.29 is 0 Å². The molecule has 2 heterocycles. The third-order valence-corrected chi connectivity index (χ3v) is 3.71. The first-order chi connectivity index (χ1) is 8.19. The SMILES string of the molecule is CCCC(N)c1ccn(Cc2cnc(C)s2)c1. The van der Waals surface area contributed by atoms with Crippen LogP contribution in [0.15, 0.2) is 24.7 Å². The van der Waals surface area contributed by atoms with Crippen molar-refractivity contribution in [2.45, 2.75) is 39.3 Å². The van der Waals surface area contributed by atoms with Gasteiger partial charge in [0.15, 0.2) is 0 Å². The molecule has 1 unspecified atom stereocenters. The van der Waals surface area contributed by atoms with Crippen LogP contribution in [0, 0.1) is 6.92 Å². The predicted molar refractivity (Wildman–Crippen MR) is 72.2 cm³/mol. The number of aryl methyl sites for hydroxylation is 1. The number of nitrogens with zero attached hydrogens (tertiary/aromatic N) is 2. The second kappa shape index (κ2) is 5.47. The predicted octanol–water partition coefficient (Wildman–Crippen LogP) is 3.10. The molecule has 0 bridgehead atoms. The summed E-state index contributed by atoms with van der Waals surface area (Å²) >= 11 is 1.75. The number of hydrogen-bond donors (Lipinski definition) is 1. The summed E-state index contributed by atoms with van der Waals surface area (Å²) in [6, 6.07) is 2.29. The molecule has 4 heteroatoms. The second-order valence-corrected chi connectivity index (χ2v) is 5.68. The van der Waals surface area contributed by atoms with Crippen LogP contribution in [0.1, 0.15) is 41.3 Å². The van der Waals surface area contributed by atoms with E-state index in [-0.39, 0.29) is 6.04 Å². The number of aromatic nitrogens is 2. The lowest BCUT2D eigenvalue weighted by Gasteiger charge is -2.07. The highest BCUT2D eigenvalue weighted by molar-refractivity contribution is 7.11. The maximum atomic E-state index is 6.09. The van der Waals surface area contributed by atoms with Crippen LogP contribution in [0.5, 0.6) is 0 Å². The average molecular weight is 249 g/mol. The smallest absolute Gasteiger partial charge is 0.0897 e. The summed E-state index contributed by atoms with van der Waals surface area (Å²) in [4.78, 5) is 5.55. The molecule has 0 aliphatic heterocycles. The van der Waals surface area contributed by atoms with Crippen molar-refractivity contribution in [3.63, 3.8) is 0 Å². The second-order valence-electron chi connectivity index (χ2n) is 4.36. The summed E-state index contributed by atoms with van der Waals surface area (Å²) in [6.07, 6.45) is 8.37. The molecule has 0 aliphatic carbocycles. The molecule has 17 heavy (non-hydrogen) atoms. The highest BCUT2D eigenvalue weighted by Crippen LogP contribution is 2.18. The van der Waals surface area contributed by atoms with Gasteiger partial charge in [-0.05, 0) is 25.0 Å². The van der Waals surface area contributed by atoms with Gasteiger partial charge in [0, 0.05) is 29.5 Å². The van der Waals surface area contributed by atoms with Gasteiger partial charge in [0.25, 0.3) is 0 Å². The van der Waals surface area contributed by atoms with Crippen LogP contribution in [0.3, 0.4) is 0 Å². The van der Waals surface area contributed by atoms with Crippen molar-refractivity contribution in [1.29, 1.82) is 0 Å². The zero-order chi connectivity index (χ0) is 12.3. The standard InChI is InChI=1S/C13H19N3S/c1-3-4-13(14)11-5-6-16(8-11)9-12-7-15-10(2)17-12/h5-8,13H,3-4,9,14H2,1-2H3. The van der Waals surface area contributed by atoms with E-state index in [9.17, 15) is 0 Å². The van der Waals surface area contributed by atoms with Gasteiger partial charge in [-0.25, -0.2) is 4.98 Å². The molecule has 0 amide bonds. The van der Waals surface area contributed by atoms with Crippen molar-refractivity contribution >= 4 is 11.3 Å². The Hall–Kier alpha value is -1.13. The summed E-state index contributed by atoms with van der Waals surface area (Å²) in [6.45, 7) is 5.09. The van der Waals surface area contributed by atoms with Crippen molar-refractivity contribution in [3.8, 4) is 0 Å². The Morgan fingerprint density at radius 3 is 3.00 bits per heavy atom. The fraction of sp³-hybridized carbons (Fsp3) is 0.462. The van der Waals surface area contributed by atoms with Crippen LogP contribution in [0.4, 0.5) is 0 Å².